The van der Waals surface area contributed by atoms with E-state index in [1.54, 1.807) is 0 Å². The molecule has 0 aromatic rings. The normalized spacial score (nSPS) is 54.4. The highest BCUT2D eigenvalue weighted by Gasteiger charge is 2.62. The quantitative estimate of drug-likeness (QED) is 0.388. The second-order valence-corrected chi connectivity index (χ2v) is 4.00. The Labute approximate surface area is 70.3 Å². The molecule has 3 rings (SSSR count). The molecule has 0 radical (unpaired) electrons. The van der Waals surface area contributed by atoms with Crippen molar-refractivity contribution in [3.8, 4) is 0 Å². The molecule has 0 amide bonds. The second kappa shape index (κ2) is 1.74. The molecule has 3 aliphatic heterocycles. The molecular formula is C9H10O3. The Morgan fingerprint density at radius 1 is 1.58 bits per heavy atom. The van der Waals surface area contributed by atoms with E-state index in [-0.39, 0.29) is 29.5 Å². The van der Waals surface area contributed by atoms with E-state index in [4.69, 9.17) is 9.47 Å². The van der Waals surface area contributed by atoms with Crippen molar-refractivity contribution in [3.05, 3.63) is 12.2 Å². The summed E-state index contributed by atoms with van der Waals surface area (Å²) in [5.74, 6) is -0.137. The van der Waals surface area contributed by atoms with Crippen LogP contribution in [0.15, 0.2) is 12.2 Å². The second-order valence-electron chi connectivity index (χ2n) is 4.00. The Morgan fingerprint density at radius 2 is 2.42 bits per heavy atom. The van der Waals surface area contributed by atoms with Crippen molar-refractivity contribution < 1.29 is 14.3 Å². The maximum absolute atomic E-state index is 11.3. The van der Waals surface area contributed by atoms with Crippen molar-refractivity contribution in [2.75, 3.05) is 6.61 Å². The standard InChI is InChI=1S/C9H10O3/c1-9-4-11-8(10)7(9)5-2-3-6(9)12-5/h2-3,5-7H,4H2,1H3. The van der Waals surface area contributed by atoms with Gasteiger partial charge in [-0.25, -0.2) is 0 Å². The molecule has 0 aromatic heterocycles. The van der Waals surface area contributed by atoms with Gasteiger partial charge in [0.15, 0.2) is 0 Å². The molecule has 12 heavy (non-hydrogen) atoms. The molecule has 4 unspecified atom stereocenters. The number of hydrogen-bond donors (Lipinski definition) is 0. The highest BCUT2D eigenvalue weighted by Crippen LogP contribution is 2.52. The van der Waals surface area contributed by atoms with Crippen molar-refractivity contribution in [2.45, 2.75) is 19.1 Å². The van der Waals surface area contributed by atoms with Gasteiger partial charge in [-0.15, -0.1) is 0 Å². The molecular weight excluding hydrogens is 156 g/mol. The number of esters is 1. The highest BCUT2D eigenvalue weighted by molar-refractivity contribution is 5.78. The van der Waals surface area contributed by atoms with E-state index in [1.165, 1.54) is 0 Å². The van der Waals surface area contributed by atoms with Crippen LogP contribution in [0, 0.1) is 11.3 Å². The van der Waals surface area contributed by atoms with Gasteiger partial charge in [0.2, 0.25) is 0 Å². The molecule has 3 nitrogen and oxygen atoms in total. The van der Waals surface area contributed by atoms with Gasteiger partial charge in [0, 0.05) is 5.41 Å². The summed E-state index contributed by atoms with van der Waals surface area (Å²) in [6, 6.07) is 0. The van der Waals surface area contributed by atoms with E-state index < -0.39 is 0 Å². The lowest BCUT2D eigenvalue weighted by molar-refractivity contribution is -0.143. The summed E-state index contributed by atoms with van der Waals surface area (Å²) in [5, 5.41) is 0. The van der Waals surface area contributed by atoms with E-state index in [9.17, 15) is 4.79 Å². The lowest BCUT2D eigenvalue weighted by Crippen LogP contribution is -2.35. The monoisotopic (exact) mass is 166 g/mol. The van der Waals surface area contributed by atoms with Crippen molar-refractivity contribution in [1.82, 2.24) is 0 Å². The van der Waals surface area contributed by atoms with Crippen molar-refractivity contribution in [1.29, 1.82) is 0 Å². The van der Waals surface area contributed by atoms with Crippen LogP contribution in [0.3, 0.4) is 0 Å². The van der Waals surface area contributed by atoms with Crippen LogP contribution in [0.25, 0.3) is 0 Å². The first-order valence-electron chi connectivity index (χ1n) is 4.22. The Hall–Kier alpha value is -0.830. The Bertz CT molecular complexity index is 283. The topological polar surface area (TPSA) is 35.5 Å². The number of cyclic esters (lactones) is 1. The maximum atomic E-state index is 11.3. The average Bonchev–Trinajstić information content (AvgIpc) is 2.63. The number of rotatable bonds is 0. The minimum absolute atomic E-state index is 0.0185. The highest BCUT2D eigenvalue weighted by atomic mass is 16.6. The van der Waals surface area contributed by atoms with E-state index in [1.807, 2.05) is 12.2 Å². The summed E-state index contributed by atoms with van der Waals surface area (Å²) in [4.78, 5) is 11.3. The first-order chi connectivity index (χ1) is 5.72. The van der Waals surface area contributed by atoms with Gasteiger partial charge in [0.05, 0.1) is 18.1 Å². The predicted octanol–water partition coefficient (Wildman–Crippen LogP) is 0.503. The van der Waals surface area contributed by atoms with Crippen LogP contribution in [0.5, 0.6) is 0 Å². The van der Waals surface area contributed by atoms with Gasteiger partial charge in [-0.3, -0.25) is 4.79 Å². The summed E-state index contributed by atoms with van der Waals surface area (Å²) in [6.45, 7) is 2.58. The SMILES string of the molecule is CC12COC(=O)C1C1C=CC2O1. The number of carbonyl (C=O) groups is 1. The van der Waals surface area contributed by atoms with Crippen LogP contribution in [0.2, 0.25) is 0 Å². The first kappa shape index (κ1) is 6.66. The third kappa shape index (κ3) is 0.524. The number of fused-ring (bicyclic) bond motifs is 5. The van der Waals surface area contributed by atoms with Crippen molar-refractivity contribution in [2.24, 2.45) is 11.3 Å². The largest absolute Gasteiger partial charge is 0.465 e. The zero-order valence-corrected chi connectivity index (χ0v) is 6.82. The molecule has 0 aromatic carbocycles. The molecule has 3 heterocycles. The molecule has 0 saturated carbocycles. The smallest absolute Gasteiger partial charge is 0.312 e. The lowest BCUT2D eigenvalue weighted by atomic mass is 9.72. The van der Waals surface area contributed by atoms with Crippen LogP contribution < -0.4 is 0 Å². The van der Waals surface area contributed by atoms with E-state index in [2.05, 4.69) is 6.92 Å². The molecule has 2 fully saturated rings. The van der Waals surface area contributed by atoms with Crippen LogP contribution in [0.4, 0.5) is 0 Å². The predicted molar refractivity (Wildman–Crippen MR) is 40.4 cm³/mol. The minimum Gasteiger partial charge on any atom is -0.465 e. The summed E-state index contributed by atoms with van der Waals surface area (Å²) < 4.78 is 10.6. The van der Waals surface area contributed by atoms with Crippen LogP contribution in [-0.4, -0.2) is 24.8 Å². The first-order valence-corrected chi connectivity index (χ1v) is 4.22. The molecule has 4 atom stereocenters. The van der Waals surface area contributed by atoms with Gasteiger partial charge in [-0.2, -0.15) is 0 Å². The minimum atomic E-state index is -0.0886. The third-order valence-electron chi connectivity index (χ3n) is 3.25. The van der Waals surface area contributed by atoms with Gasteiger partial charge < -0.3 is 9.47 Å². The summed E-state index contributed by atoms with van der Waals surface area (Å²) in [7, 11) is 0. The van der Waals surface area contributed by atoms with Gasteiger partial charge in [-0.1, -0.05) is 19.1 Å². The lowest BCUT2D eigenvalue weighted by Gasteiger charge is -2.24. The summed E-state index contributed by atoms with van der Waals surface area (Å²) in [5.41, 5.74) is -0.0868. The van der Waals surface area contributed by atoms with E-state index in [0.29, 0.717) is 6.61 Å². The van der Waals surface area contributed by atoms with Crippen molar-refractivity contribution >= 4 is 5.97 Å². The van der Waals surface area contributed by atoms with Gasteiger partial charge in [-0.05, 0) is 0 Å². The van der Waals surface area contributed by atoms with Gasteiger partial charge in [0.1, 0.15) is 6.61 Å². The summed E-state index contributed by atoms with van der Waals surface area (Å²) >= 11 is 0. The molecule has 0 aliphatic carbocycles. The zero-order chi connectivity index (χ0) is 8.34. The fourth-order valence-corrected chi connectivity index (χ4v) is 2.48. The molecule has 2 bridgehead atoms. The number of carbonyl (C=O) groups excluding carboxylic acids is 1. The molecule has 0 N–H and O–H groups in total. The Kier molecular flexibility index (Phi) is 0.966. The van der Waals surface area contributed by atoms with Gasteiger partial charge in [0.25, 0.3) is 0 Å². The number of ether oxygens (including phenoxy) is 2. The van der Waals surface area contributed by atoms with Crippen LogP contribution >= 0.6 is 0 Å². The molecule has 3 heteroatoms. The van der Waals surface area contributed by atoms with Gasteiger partial charge >= 0.3 is 5.97 Å². The fraction of sp³-hybridized carbons (Fsp3) is 0.667. The molecule has 0 spiro atoms. The average molecular weight is 166 g/mol. The fourth-order valence-electron chi connectivity index (χ4n) is 2.48. The van der Waals surface area contributed by atoms with Crippen LogP contribution in [-0.2, 0) is 14.3 Å². The van der Waals surface area contributed by atoms with Crippen LogP contribution in [0.1, 0.15) is 6.92 Å². The maximum Gasteiger partial charge on any atom is 0.312 e. The molecule has 64 valence electrons. The molecule has 2 saturated heterocycles. The van der Waals surface area contributed by atoms with E-state index >= 15 is 0 Å². The zero-order valence-electron chi connectivity index (χ0n) is 6.82. The Balaban J connectivity index is 2.10. The number of hydrogen-bond acceptors (Lipinski definition) is 3. The summed E-state index contributed by atoms with van der Waals surface area (Å²) in [6.07, 6.45) is 4.10. The molecule has 3 aliphatic rings. The third-order valence-corrected chi connectivity index (χ3v) is 3.25. The van der Waals surface area contributed by atoms with Crippen molar-refractivity contribution in [3.63, 3.8) is 0 Å². The van der Waals surface area contributed by atoms with E-state index in [0.717, 1.165) is 0 Å². The Morgan fingerprint density at radius 3 is 3.17 bits per heavy atom.